The predicted molar refractivity (Wildman–Crippen MR) is 150 cm³/mol. The molecule has 1 aliphatic rings. The third kappa shape index (κ3) is 5.65. The summed E-state index contributed by atoms with van der Waals surface area (Å²) >= 11 is 0. The Morgan fingerprint density at radius 2 is 1.68 bits per heavy atom. The molecule has 0 aliphatic carbocycles. The summed E-state index contributed by atoms with van der Waals surface area (Å²) in [5.41, 5.74) is 6.14. The average Bonchev–Trinajstić information content (AvgIpc) is 2.83. The van der Waals surface area contributed by atoms with Gasteiger partial charge >= 0.3 is 10.1 Å². The first-order chi connectivity index (χ1) is 17.8. The van der Waals surface area contributed by atoms with E-state index in [1.807, 2.05) is 19.1 Å². The number of fused-ring (bicyclic) bond motifs is 1. The Labute approximate surface area is 224 Å². The van der Waals surface area contributed by atoms with E-state index in [1.54, 1.807) is 38.1 Å². The smallest absolute Gasteiger partial charge is 0.311 e. The molecule has 0 radical (unpaired) electrons. The van der Waals surface area contributed by atoms with E-state index in [-0.39, 0.29) is 23.7 Å². The maximum absolute atomic E-state index is 14.0. The monoisotopic (exact) mass is 539 g/mol. The second-order valence-electron chi connectivity index (χ2n) is 10.4. The highest BCUT2D eigenvalue weighted by atomic mass is 32.2. The number of allylic oxidation sites excluding steroid dienone is 1. The van der Waals surface area contributed by atoms with Crippen LogP contribution >= 0.6 is 0 Å². The summed E-state index contributed by atoms with van der Waals surface area (Å²) in [6.45, 7) is 11.4. The quantitative estimate of drug-likeness (QED) is 0.308. The SMILES string of the molecule is COc1cc(OS(=O)(=O)C(C)C)ccc1-c1ccc2c(c1COc1cc(F)ccc1C)C(C)=CC(C)(C)N2. The van der Waals surface area contributed by atoms with Gasteiger partial charge in [0.2, 0.25) is 0 Å². The molecule has 0 saturated heterocycles. The van der Waals surface area contributed by atoms with Crippen molar-refractivity contribution >= 4 is 21.4 Å². The van der Waals surface area contributed by atoms with E-state index in [1.165, 1.54) is 19.2 Å². The highest BCUT2D eigenvalue weighted by molar-refractivity contribution is 7.87. The Morgan fingerprint density at radius 1 is 0.974 bits per heavy atom. The lowest BCUT2D eigenvalue weighted by Gasteiger charge is -2.33. The van der Waals surface area contributed by atoms with Crippen LogP contribution in [0.15, 0.2) is 54.6 Å². The second-order valence-corrected chi connectivity index (χ2v) is 12.5. The van der Waals surface area contributed by atoms with Gasteiger partial charge in [0.05, 0.1) is 17.9 Å². The molecule has 0 atom stereocenters. The van der Waals surface area contributed by atoms with E-state index in [2.05, 4.69) is 32.2 Å². The van der Waals surface area contributed by atoms with Crippen molar-refractivity contribution < 1.29 is 26.5 Å². The highest BCUT2D eigenvalue weighted by Gasteiger charge is 2.27. The van der Waals surface area contributed by atoms with Gasteiger partial charge < -0.3 is 19.0 Å². The minimum absolute atomic E-state index is 0.171. The first kappa shape index (κ1) is 27.5. The number of anilines is 1. The average molecular weight is 540 g/mol. The summed E-state index contributed by atoms with van der Waals surface area (Å²) in [7, 11) is -2.23. The van der Waals surface area contributed by atoms with Crippen LogP contribution in [0.5, 0.6) is 17.2 Å². The Morgan fingerprint density at radius 3 is 2.37 bits per heavy atom. The number of hydrogen-bond acceptors (Lipinski definition) is 6. The van der Waals surface area contributed by atoms with E-state index in [0.717, 1.165) is 39.1 Å². The van der Waals surface area contributed by atoms with Crippen LogP contribution in [0.2, 0.25) is 0 Å². The standard InChI is InChI=1S/C30H34FNO5S/c1-18(2)38(33,34)37-22-10-11-24(28(15-22)35-7)23-12-13-26-29(20(4)16-30(5,6)32-26)25(23)17-36-27-14-21(31)9-8-19(27)3/h8-16,18,32H,17H2,1-7H3. The van der Waals surface area contributed by atoms with Crippen molar-refractivity contribution in [3.05, 3.63) is 77.1 Å². The van der Waals surface area contributed by atoms with E-state index in [9.17, 15) is 12.8 Å². The van der Waals surface area contributed by atoms with Crippen LogP contribution in [-0.4, -0.2) is 26.3 Å². The molecule has 0 fully saturated rings. The third-order valence-electron chi connectivity index (χ3n) is 6.52. The topological polar surface area (TPSA) is 73.9 Å². The number of halogens is 1. The van der Waals surface area contributed by atoms with E-state index < -0.39 is 15.4 Å². The number of nitrogens with one attached hydrogen (secondary N) is 1. The van der Waals surface area contributed by atoms with E-state index >= 15 is 0 Å². The first-order valence-electron chi connectivity index (χ1n) is 12.5. The van der Waals surface area contributed by atoms with Crippen LogP contribution in [0.3, 0.4) is 0 Å². The van der Waals surface area contributed by atoms with E-state index in [0.29, 0.717) is 11.5 Å². The lowest BCUT2D eigenvalue weighted by Crippen LogP contribution is -2.32. The lowest BCUT2D eigenvalue weighted by atomic mass is 9.85. The summed E-state index contributed by atoms with van der Waals surface area (Å²) < 4.78 is 55.7. The fourth-order valence-electron chi connectivity index (χ4n) is 4.66. The molecule has 202 valence electrons. The van der Waals surface area contributed by atoms with Gasteiger partial charge in [0.15, 0.2) is 0 Å². The minimum Gasteiger partial charge on any atom is -0.496 e. The van der Waals surface area contributed by atoms with Crippen LogP contribution < -0.4 is 19.0 Å². The van der Waals surface area contributed by atoms with Gasteiger partial charge in [0, 0.05) is 34.5 Å². The van der Waals surface area contributed by atoms with Crippen LogP contribution in [0, 0.1) is 12.7 Å². The predicted octanol–water partition coefficient (Wildman–Crippen LogP) is 7.11. The molecule has 1 heterocycles. The number of rotatable bonds is 8. The number of methoxy groups -OCH3 is 1. The van der Waals surface area contributed by atoms with Gasteiger partial charge in [-0.05, 0) is 82.5 Å². The molecule has 1 N–H and O–H groups in total. The van der Waals surface area contributed by atoms with Crippen molar-refractivity contribution in [1.29, 1.82) is 0 Å². The minimum atomic E-state index is -3.76. The zero-order chi connectivity index (χ0) is 27.8. The van der Waals surface area contributed by atoms with Crippen molar-refractivity contribution in [2.45, 2.75) is 58.9 Å². The summed E-state index contributed by atoms with van der Waals surface area (Å²) in [6.07, 6.45) is 2.17. The molecule has 0 aromatic heterocycles. The molecule has 1 aliphatic heterocycles. The molecule has 6 nitrogen and oxygen atoms in total. The first-order valence-corrected chi connectivity index (χ1v) is 13.9. The fourth-order valence-corrected chi connectivity index (χ4v) is 5.22. The maximum Gasteiger partial charge on any atom is 0.311 e. The van der Waals surface area contributed by atoms with Gasteiger partial charge in [0.1, 0.15) is 29.7 Å². The molecule has 0 amide bonds. The van der Waals surface area contributed by atoms with Crippen molar-refractivity contribution in [1.82, 2.24) is 0 Å². The Bertz CT molecular complexity index is 1510. The summed E-state index contributed by atoms with van der Waals surface area (Å²) in [5, 5.41) is 2.88. The molecular formula is C30H34FNO5S. The third-order valence-corrected chi connectivity index (χ3v) is 8.10. The zero-order valence-electron chi connectivity index (χ0n) is 22.8. The zero-order valence-corrected chi connectivity index (χ0v) is 23.6. The Kier molecular flexibility index (Phi) is 7.48. The van der Waals surface area contributed by atoms with Crippen molar-refractivity contribution in [3.8, 4) is 28.4 Å². The molecule has 8 heteroatoms. The van der Waals surface area contributed by atoms with Crippen LogP contribution in [-0.2, 0) is 16.7 Å². The molecule has 3 aromatic rings. The van der Waals surface area contributed by atoms with Gasteiger partial charge in [0.25, 0.3) is 0 Å². The van der Waals surface area contributed by atoms with Crippen LogP contribution in [0.25, 0.3) is 16.7 Å². The lowest BCUT2D eigenvalue weighted by molar-refractivity contribution is 0.302. The van der Waals surface area contributed by atoms with Crippen LogP contribution in [0.1, 0.15) is 51.3 Å². The number of ether oxygens (including phenoxy) is 2. The van der Waals surface area contributed by atoms with Crippen molar-refractivity contribution in [2.75, 3.05) is 12.4 Å². The summed E-state index contributed by atoms with van der Waals surface area (Å²) in [5.74, 6) is 0.725. The van der Waals surface area contributed by atoms with Crippen LogP contribution in [0.4, 0.5) is 10.1 Å². The number of aryl methyl sites for hydroxylation is 1. The Balaban J connectivity index is 1.84. The van der Waals surface area contributed by atoms with Gasteiger partial charge in [-0.2, -0.15) is 8.42 Å². The molecule has 0 unspecified atom stereocenters. The number of benzene rings is 3. The molecule has 38 heavy (non-hydrogen) atoms. The summed E-state index contributed by atoms with van der Waals surface area (Å²) in [4.78, 5) is 0. The molecular weight excluding hydrogens is 505 g/mol. The largest absolute Gasteiger partial charge is 0.496 e. The van der Waals surface area contributed by atoms with Crippen molar-refractivity contribution in [3.63, 3.8) is 0 Å². The molecule has 0 spiro atoms. The number of hydrogen-bond donors (Lipinski definition) is 1. The van der Waals surface area contributed by atoms with Gasteiger partial charge in [-0.1, -0.05) is 18.2 Å². The fraction of sp³-hybridized carbons (Fsp3) is 0.333. The highest BCUT2D eigenvalue weighted by Crippen LogP contribution is 2.43. The normalized spacial score (nSPS) is 14.4. The second kappa shape index (κ2) is 10.3. The van der Waals surface area contributed by atoms with Gasteiger partial charge in [-0.3, -0.25) is 0 Å². The Hall–Kier alpha value is -3.52. The molecule has 0 saturated carbocycles. The molecule has 0 bridgehead atoms. The maximum atomic E-state index is 14.0. The van der Waals surface area contributed by atoms with E-state index in [4.69, 9.17) is 13.7 Å². The van der Waals surface area contributed by atoms with Crippen molar-refractivity contribution in [2.24, 2.45) is 0 Å². The van der Waals surface area contributed by atoms with Gasteiger partial charge in [-0.15, -0.1) is 0 Å². The van der Waals surface area contributed by atoms with Gasteiger partial charge in [-0.25, -0.2) is 4.39 Å². The molecule has 4 rings (SSSR count). The molecule has 3 aromatic carbocycles. The summed E-state index contributed by atoms with van der Waals surface area (Å²) in [6, 6.07) is 13.5.